The van der Waals surface area contributed by atoms with Crippen molar-refractivity contribution in [3.63, 3.8) is 0 Å². The minimum absolute atomic E-state index is 0.182. The normalized spacial score (nSPS) is 18.7. The molecule has 1 N–H and O–H groups in total. The molecule has 1 aromatic rings. The summed E-state index contributed by atoms with van der Waals surface area (Å²) in [5.41, 5.74) is 0. The second kappa shape index (κ2) is 6.43. The van der Waals surface area contributed by atoms with Gasteiger partial charge >= 0.3 is 0 Å². The van der Waals surface area contributed by atoms with Crippen molar-refractivity contribution in [3.05, 3.63) is 30.3 Å². The second-order valence-corrected chi connectivity index (χ2v) is 9.05. The molecule has 1 fully saturated rings. The Bertz CT molecular complexity index is 663. The maximum atomic E-state index is 12.4. The maximum Gasteiger partial charge on any atom is 0.243 e. The Hall–Kier alpha value is -0.960. The van der Waals surface area contributed by atoms with Gasteiger partial charge in [-0.25, -0.2) is 21.6 Å². The summed E-state index contributed by atoms with van der Waals surface area (Å²) in [7, 11) is -6.62. The number of piperidine rings is 1. The van der Waals surface area contributed by atoms with Gasteiger partial charge in [-0.05, 0) is 30.9 Å². The monoisotopic (exact) mass is 332 g/mol. The average molecular weight is 332 g/mol. The first-order valence-electron chi connectivity index (χ1n) is 6.79. The van der Waals surface area contributed by atoms with Crippen LogP contribution in [-0.2, 0) is 20.0 Å². The van der Waals surface area contributed by atoms with Crippen LogP contribution < -0.4 is 4.72 Å². The van der Waals surface area contributed by atoms with E-state index < -0.39 is 20.0 Å². The summed E-state index contributed by atoms with van der Waals surface area (Å²) in [5, 5.41) is 0. The molecule has 0 radical (unpaired) electrons. The fourth-order valence-corrected chi connectivity index (χ4v) is 4.39. The number of hydrogen-bond acceptors (Lipinski definition) is 4. The van der Waals surface area contributed by atoms with Crippen LogP contribution in [0.15, 0.2) is 35.2 Å². The number of sulfonamides is 2. The van der Waals surface area contributed by atoms with E-state index in [0.29, 0.717) is 37.4 Å². The van der Waals surface area contributed by atoms with E-state index in [0.717, 1.165) is 6.26 Å². The van der Waals surface area contributed by atoms with E-state index in [1.807, 2.05) is 0 Å². The van der Waals surface area contributed by atoms with E-state index in [9.17, 15) is 16.8 Å². The number of nitrogens with zero attached hydrogens (tertiary/aromatic N) is 1. The van der Waals surface area contributed by atoms with Crippen molar-refractivity contribution < 1.29 is 16.8 Å². The number of benzene rings is 1. The highest BCUT2D eigenvalue weighted by Gasteiger charge is 2.29. The molecular formula is C13H20N2O4S2. The summed E-state index contributed by atoms with van der Waals surface area (Å²) in [4.78, 5) is 0.303. The molecule has 21 heavy (non-hydrogen) atoms. The summed E-state index contributed by atoms with van der Waals surface area (Å²) < 4.78 is 50.9. The smallest absolute Gasteiger partial charge is 0.215 e. The van der Waals surface area contributed by atoms with E-state index >= 15 is 0 Å². The molecule has 6 nitrogen and oxygen atoms in total. The Kier molecular flexibility index (Phi) is 5.03. The molecule has 1 aliphatic rings. The van der Waals surface area contributed by atoms with Crippen LogP contribution in [0.1, 0.15) is 12.8 Å². The van der Waals surface area contributed by atoms with E-state index in [2.05, 4.69) is 4.72 Å². The van der Waals surface area contributed by atoms with E-state index in [1.54, 1.807) is 30.3 Å². The topological polar surface area (TPSA) is 83.6 Å². The van der Waals surface area contributed by atoms with Gasteiger partial charge in [0.1, 0.15) is 0 Å². The highest BCUT2D eigenvalue weighted by molar-refractivity contribution is 7.89. The summed E-state index contributed by atoms with van der Waals surface area (Å²) in [5.74, 6) is 0.182. The molecule has 1 heterocycles. The average Bonchev–Trinajstić information content (AvgIpc) is 2.46. The molecule has 118 valence electrons. The van der Waals surface area contributed by atoms with Crippen LogP contribution in [0, 0.1) is 5.92 Å². The van der Waals surface area contributed by atoms with Gasteiger partial charge in [0.2, 0.25) is 20.0 Å². The van der Waals surface area contributed by atoms with Gasteiger partial charge in [-0.3, -0.25) is 0 Å². The van der Waals surface area contributed by atoms with Gasteiger partial charge in [-0.2, -0.15) is 4.31 Å². The predicted octanol–water partition coefficient (Wildman–Crippen LogP) is 0.637. The molecule has 2 rings (SSSR count). The van der Waals surface area contributed by atoms with Crippen LogP contribution in [0.5, 0.6) is 0 Å². The van der Waals surface area contributed by atoms with E-state index in [4.69, 9.17) is 0 Å². The first-order chi connectivity index (χ1) is 9.79. The van der Waals surface area contributed by atoms with Gasteiger partial charge in [0.05, 0.1) is 11.2 Å². The van der Waals surface area contributed by atoms with Gasteiger partial charge in [0.25, 0.3) is 0 Å². The van der Waals surface area contributed by atoms with Crippen LogP contribution >= 0.6 is 0 Å². The minimum Gasteiger partial charge on any atom is -0.215 e. The molecule has 0 amide bonds. The van der Waals surface area contributed by atoms with Gasteiger partial charge in [0.15, 0.2) is 0 Å². The first kappa shape index (κ1) is 16.4. The Morgan fingerprint density at radius 1 is 1.10 bits per heavy atom. The van der Waals surface area contributed by atoms with Crippen LogP contribution in [0.3, 0.4) is 0 Å². The van der Waals surface area contributed by atoms with Gasteiger partial charge in [0, 0.05) is 19.6 Å². The summed E-state index contributed by atoms with van der Waals surface area (Å²) in [6.07, 6.45) is 2.45. The van der Waals surface area contributed by atoms with Crippen LogP contribution in [-0.4, -0.2) is 47.0 Å². The Balaban J connectivity index is 1.95. The standard InChI is InChI=1S/C13H20N2O4S2/c1-20(16,17)14-11-12-7-9-15(10-8-12)21(18,19)13-5-3-2-4-6-13/h2-6,12,14H,7-11H2,1H3. The number of nitrogens with one attached hydrogen (secondary N) is 1. The summed E-state index contributed by atoms with van der Waals surface area (Å²) >= 11 is 0. The lowest BCUT2D eigenvalue weighted by Gasteiger charge is -2.31. The predicted molar refractivity (Wildman–Crippen MR) is 80.8 cm³/mol. The zero-order valence-corrected chi connectivity index (χ0v) is 13.5. The quantitative estimate of drug-likeness (QED) is 0.857. The van der Waals surface area contributed by atoms with E-state index in [1.165, 1.54) is 4.31 Å². The van der Waals surface area contributed by atoms with Gasteiger partial charge < -0.3 is 0 Å². The fourth-order valence-electron chi connectivity index (χ4n) is 2.36. The molecule has 0 atom stereocenters. The largest absolute Gasteiger partial charge is 0.243 e. The molecule has 8 heteroatoms. The Morgan fingerprint density at radius 2 is 1.67 bits per heavy atom. The first-order valence-corrected chi connectivity index (χ1v) is 10.1. The van der Waals surface area contributed by atoms with Crippen molar-refractivity contribution in [2.75, 3.05) is 25.9 Å². The van der Waals surface area contributed by atoms with Crippen molar-refractivity contribution >= 4 is 20.0 Å². The van der Waals surface area contributed by atoms with Crippen molar-refractivity contribution in [2.45, 2.75) is 17.7 Å². The molecule has 0 aromatic heterocycles. The van der Waals surface area contributed by atoms with Gasteiger partial charge in [-0.1, -0.05) is 18.2 Å². The zero-order chi connectivity index (χ0) is 15.5. The van der Waals surface area contributed by atoms with Crippen LogP contribution in [0.4, 0.5) is 0 Å². The number of hydrogen-bond donors (Lipinski definition) is 1. The molecule has 0 spiro atoms. The van der Waals surface area contributed by atoms with Crippen molar-refractivity contribution in [1.29, 1.82) is 0 Å². The molecule has 1 saturated heterocycles. The third-order valence-electron chi connectivity index (χ3n) is 3.59. The lowest BCUT2D eigenvalue weighted by molar-refractivity contribution is 0.274. The third-order valence-corrected chi connectivity index (χ3v) is 6.19. The molecule has 0 saturated carbocycles. The summed E-state index contributed by atoms with van der Waals surface area (Å²) in [6, 6.07) is 8.37. The lowest BCUT2D eigenvalue weighted by atomic mass is 9.99. The Morgan fingerprint density at radius 3 is 2.19 bits per heavy atom. The summed E-state index contributed by atoms with van der Waals surface area (Å²) in [6.45, 7) is 1.22. The maximum absolute atomic E-state index is 12.4. The van der Waals surface area contributed by atoms with Crippen molar-refractivity contribution in [2.24, 2.45) is 5.92 Å². The van der Waals surface area contributed by atoms with E-state index in [-0.39, 0.29) is 5.92 Å². The lowest BCUT2D eigenvalue weighted by Crippen LogP contribution is -2.41. The Labute approximate surface area is 126 Å². The van der Waals surface area contributed by atoms with Crippen molar-refractivity contribution in [3.8, 4) is 0 Å². The zero-order valence-electron chi connectivity index (χ0n) is 11.9. The highest BCUT2D eigenvalue weighted by atomic mass is 32.2. The molecule has 0 aliphatic carbocycles. The molecule has 1 aromatic carbocycles. The van der Waals surface area contributed by atoms with Crippen LogP contribution in [0.25, 0.3) is 0 Å². The van der Waals surface area contributed by atoms with Crippen LogP contribution in [0.2, 0.25) is 0 Å². The number of rotatable bonds is 5. The second-order valence-electron chi connectivity index (χ2n) is 5.28. The SMILES string of the molecule is CS(=O)(=O)NCC1CCN(S(=O)(=O)c2ccccc2)CC1. The molecule has 1 aliphatic heterocycles. The molecule has 0 bridgehead atoms. The van der Waals surface area contributed by atoms with Crippen molar-refractivity contribution in [1.82, 2.24) is 9.03 Å². The fraction of sp³-hybridized carbons (Fsp3) is 0.538. The third kappa shape index (κ3) is 4.50. The molecule has 0 unspecified atom stereocenters. The molecular weight excluding hydrogens is 312 g/mol. The van der Waals surface area contributed by atoms with Gasteiger partial charge in [-0.15, -0.1) is 0 Å². The highest BCUT2D eigenvalue weighted by Crippen LogP contribution is 2.23. The minimum atomic E-state index is -3.43.